The lowest BCUT2D eigenvalue weighted by atomic mass is 9.91. The Balaban J connectivity index is 2.29. The van der Waals surface area contributed by atoms with Crippen molar-refractivity contribution in [2.45, 2.75) is 12.5 Å². The number of anilines is 1. The minimum atomic E-state index is -1.04. The van der Waals surface area contributed by atoms with Crippen LogP contribution in [0.5, 0.6) is 0 Å². The summed E-state index contributed by atoms with van der Waals surface area (Å²) in [7, 11) is 1.74. The van der Waals surface area contributed by atoms with E-state index in [1.807, 2.05) is 60.7 Å². The average Bonchev–Trinajstić information content (AvgIpc) is 2.47. The molecule has 0 aromatic heterocycles. The highest BCUT2D eigenvalue weighted by atomic mass is 16.2. The molecule has 0 bridgehead atoms. The first kappa shape index (κ1) is 13.3. The van der Waals surface area contributed by atoms with Gasteiger partial charge in [0.25, 0.3) is 5.91 Å². The molecule has 0 aliphatic rings. The molecule has 2 aromatic carbocycles. The fraction of sp³-hybridized carbons (Fsp3) is 0.188. The number of nitrogens with zero attached hydrogens (tertiary/aromatic N) is 1. The quantitative estimate of drug-likeness (QED) is 0.914. The minimum Gasteiger partial charge on any atom is -0.314 e. The summed E-state index contributed by atoms with van der Waals surface area (Å²) in [6, 6.07) is 18.9. The largest absolute Gasteiger partial charge is 0.314 e. The van der Waals surface area contributed by atoms with Crippen LogP contribution >= 0.6 is 0 Å². The topological polar surface area (TPSA) is 46.3 Å². The van der Waals surface area contributed by atoms with Crippen LogP contribution in [0.4, 0.5) is 5.69 Å². The van der Waals surface area contributed by atoms with E-state index in [1.54, 1.807) is 18.9 Å². The molecule has 1 amide bonds. The third kappa shape index (κ3) is 2.66. The molecule has 0 saturated carbocycles. The molecule has 0 fully saturated rings. The molecule has 0 saturated heterocycles. The highest BCUT2D eigenvalue weighted by Gasteiger charge is 2.33. The van der Waals surface area contributed by atoms with E-state index in [9.17, 15) is 4.79 Å². The maximum atomic E-state index is 12.6. The van der Waals surface area contributed by atoms with Crippen LogP contribution in [-0.2, 0) is 10.3 Å². The van der Waals surface area contributed by atoms with Crippen molar-refractivity contribution in [3.8, 4) is 0 Å². The molecule has 2 rings (SSSR count). The van der Waals surface area contributed by atoms with E-state index in [0.717, 1.165) is 11.3 Å². The predicted octanol–water partition coefficient (Wildman–Crippen LogP) is 2.52. The number of rotatable bonds is 3. The van der Waals surface area contributed by atoms with Gasteiger partial charge in [-0.1, -0.05) is 48.5 Å². The first-order valence-electron chi connectivity index (χ1n) is 6.21. The van der Waals surface area contributed by atoms with Crippen LogP contribution in [0.3, 0.4) is 0 Å². The minimum absolute atomic E-state index is 0.134. The zero-order valence-electron chi connectivity index (χ0n) is 11.2. The Kier molecular flexibility index (Phi) is 3.67. The number of hydrogen-bond acceptors (Lipinski definition) is 2. The first-order chi connectivity index (χ1) is 9.03. The van der Waals surface area contributed by atoms with E-state index < -0.39 is 5.54 Å². The molecular weight excluding hydrogens is 236 g/mol. The molecule has 0 spiro atoms. The van der Waals surface area contributed by atoms with Gasteiger partial charge >= 0.3 is 0 Å². The number of nitrogens with two attached hydrogens (primary N) is 1. The molecule has 3 nitrogen and oxygen atoms in total. The van der Waals surface area contributed by atoms with Crippen molar-refractivity contribution in [2.24, 2.45) is 5.73 Å². The third-order valence-electron chi connectivity index (χ3n) is 3.27. The second kappa shape index (κ2) is 5.24. The summed E-state index contributed by atoms with van der Waals surface area (Å²) < 4.78 is 0. The Hall–Kier alpha value is -2.13. The molecule has 98 valence electrons. The summed E-state index contributed by atoms with van der Waals surface area (Å²) in [6.07, 6.45) is 0. The van der Waals surface area contributed by atoms with Gasteiger partial charge in [-0.05, 0) is 24.6 Å². The number of hydrogen-bond donors (Lipinski definition) is 1. The molecule has 0 heterocycles. The zero-order chi connectivity index (χ0) is 13.9. The number of para-hydroxylation sites is 1. The first-order valence-corrected chi connectivity index (χ1v) is 6.21. The van der Waals surface area contributed by atoms with Crippen molar-refractivity contribution in [2.75, 3.05) is 11.9 Å². The fourth-order valence-electron chi connectivity index (χ4n) is 2.03. The fourth-order valence-corrected chi connectivity index (χ4v) is 2.03. The van der Waals surface area contributed by atoms with Gasteiger partial charge in [0.15, 0.2) is 0 Å². The van der Waals surface area contributed by atoms with Gasteiger partial charge in [-0.25, -0.2) is 0 Å². The number of carbonyl (C=O) groups is 1. The maximum absolute atomic E-state index is 12.6. The van der Waals surface area contributed by atoms with E-state index in [-0.39, 0.29) is 5.91 Å². The van der Waals surface area contributed by atoms with Gasteiger partial charge in [0.1, 0.15) is 5.54 Å². The van der Waals surface area contributed by atoms with Crippen molar-refractivity contribution < 1.29 is 4.79 Å². The smallest absolute Gasteiger partial charge is 0.251 e. The zero-order valence-corrected chi connectivity index (χ0v) is 11.2. The lowest BCUT2D eigenvalue weighted by Crippen LogP contribution is -2.49. The van der Waals surface area contributed by atoms with E-state index in [4.69, 9.17) is 5.73 Å². The average molecular weight is 254 g/mol. The SMILES string of the molecule is CN(C(=O)C(C)(N)c1ccccc1)c1ccccc1. The molecule has 0 aliphatic heterocycles. The summed E-state index contributed by atoms with van der Waals surface area (Å²) in [6.45, 7) is 1.74. The highest BCUT2D eigenvalue weighted by molar-refractivity contribution is 5.99. The van der Waals surface area contributed by atoms with Crippen molar-refractivity contribution in [3.05, 3.63) is 66.2 Å². The lowest BCUT2D eigenvalue weighted by Gasteiger charge is -2.29. The predicted molar refractivity (Wildman–Crippen MR) is 77.8 cm³/mol. The van der Waals surface area contributed by atoms with Crippen LogP contribution in [0.1, 0.15) is 12.5 Å². The van der Waals surface area contributed by atoms with Gasteiger partial charge in [-0.2, -0.15) is 0 Å². The molecule has 1 atom stereocenters. The molecule has 2 aromatic rings. The Bertz CT molecular complexity index is 549. The van der Waals surface area contributed by atoms with Crippen molar-refractivity contribution in [3.63, 3.8) is 0 Å². The van der Waals surface area contributed by atoms with E-state index in [1.165, 1.54) is 0 Å². The number of likely N-dealkylation sites (N-methyl/N-ethyl adjacent to an activating group) is 1. The lowest BCUT2D eigenvalue weighted by molar-refractivity contribution is -0.123. The van der Waals surface area contributed by atoms with Gasteiger partial charge in [0, 0.05) is 12.7 Å². The van der Waals surface area contributed by atoms with Crippen molar-refractivity contribution in [1.82, 2.24) is 0 Å². The van der Waals surface area contributed by atoms with Crippen LogP contribution in [0, 0.1) is 0 Å². The van der Waals surface area contributed by atoms with Crippen molar-refractivity contribution >= 4 is 11.6 Å². The normalized spacial score (nSPS) is 13.6. The van der Waals surface area contributed by atoms with E-state index >= 15 is 0 Å². The summed E-state index contributed by atoms with van der Waals surface area (Å²) in [5.41, 5.74) is 6.83. The van der Waals surface area contributed by atoms with E-state index in [0.29, 0.717) is 0 Å². The van der Waals surface area contributed by atoms with Crippen LogP contribution < -0.4 is 10.6 Å². The van der Waals surface area contributed by atoms with Crippen molar-refractivity contribution in [1.29, 1.82) is 0 Å². The van der Waals surface area contributed by atoms with Crippen LogP contribution in [-0.4, -0.2) is 13.0 Å². The van der Waals surface area contributed by atoms with Gasteiger partial charge in [-0.15, -0.1) is 0 Å². The monoisotopic (exact) mass is 254 g/mol. The summed E-state index contributed by atoms with van der Waals surface area (Å²) >= 11 is 0. The Morgan fingerprint density at radius 1 is 1.00 bits per heavy atom. The van der Waals surface area contributed by atoms with E-state index in [2.05, 4.69) is 0 Å². The number of amides is 1. The molecule has 19 heavy (non-hydrogen) atoms. The standard InChI is InChI=1S/C16H18N2O/c1-16(17,13-9-5-3-6-10-13)15(19)18(2)14-11-7-4-8-12-14/h3-12H,17H2,1-2H3. The van der Waals surface area contributed by atoms with Crippen LogP contribution in [0.2, 0.25) is 0 Å². The Morgan fingerprint density at radius 3 is 2.00 bits per heavy atom. The molecule has 0 aliphatic carbocycles. The van der Waals surface area contributed by atoms with Gasteiger partial charge in [0.2, 0.25) is 0 Å². The molecule has 0 radical (unpaired) electrons. The second-order valence-electron chi connectivity index (χ2n) is 4.77. The number of carbonyl (C=O) groups excluding carboxylic acids is 1. The van der Waals surface area contributed by atoms with Gasteiger partial charge in [0.05, 0.1) is 0 Å². The van der Waals surface area contributed by atoms with Gasteiger partial charge in [-0.3, -0.25) is 4.79 Å². The Labute approximate surface area is 113 Å². The molecule has 2 N–H and O–H groups in total. The summed E-state index contributed by atoms with van der Waals surface area (Å²) in [5.74, 6) is -0.134. The van der Waals surface area contributed by atoms with Gasteiger partial charge < -0.3 is 10.6 Å². The van der Waals surface area contributed by atoms with Crippen LogP contribution in [0.25, 0.3) is 0 Å². The molecule has 1 unspecified atom stereocenters. The molecule has 3 heteroatoms. The number of benzene rings is 2. The Morgan fingerprint density at radius 2 is 1.47 bits per heavy atom. The maximum Gasteiger partial charge on any atom is 0.251 e. The van der Waals surface area contributed by atoms with Crippen LogP contribution in [0.15, 0.2) is 60.7 Å². The summed E-state index contributed by atoms with van der Waals surface area (Å²) in [4.78, 5) is 14.2. The summed E-state index contributed by atoms with van der Waals surface area (Å²) in [5, 5.41) is 0. The molecular formula is C16H18N2O. The third-order valence-corrected chi connectivity index (χ3v) is 3.27. The second-order valence-corrected chi connectivity index (χ2v) is 4.77. The highest BCUT2D eigenvalue weighted by Crippen LogP contribution is 2.23.